The Kier molecular flexibility index (Phi) is 6.04. The maximum absolute atomic E-state index is 12.8. The number of amides is 2. The fraction of sp³-hybridized carbons (Fsp3) is 0.0417. The summed E-state index contributed by atoms with van der Waals surface area (Å²) in [5, 5.41) is 6.64. The van der Waals surface area contributed by atoms with Gasteiger partial charge >= 0.3 is 0 Å². The highest BCUT2D eigenvalue weighted by Gasteiger charge is 2.16. The number of fused-ring (bicyclic) bond motifs is 1. The minimum absolute atomic E-state index is 0.0398. The quantitative estimate of drug-likeness (QED) is 0.369. The maximum atomic E-state index is 12.8. The van der Waals surface area contributed by atoms with Gasteiger partial charge in [0.25, 0.3) is 11.8 Å². The monoisotopic (exact) mass is 413 g/mol. The van der Waals surface area contributed by atoms with E-state index in [2.05, 4.69) is 15.8 Å². The molecule has 0 bridgehead atoms. The zero-order valence-corrected chi connectivity index (χ0v) is 16.4. The molecular weight excluding hydrogens is 394 g/mol. The van der Waals surface area contributed by atoms with Gasteiger partial charge in [-0.15, -0.1) is 0 Å². The van der Waals surface area contributed by atoms with Crippen LogP contribution in [0, 0.1) is 0 Å². The SMILES string of the molecule is O=C(N/N=C\c1ccccc1)/C(=C/c1ccc2c(c1)OCO2)NC(=O)c1ccccc1. The first-order chi connectivity index (χ1) is 15.2. The van der Waals surface area contributed by atoms with Crippen LogP contribution in [0.2, 0.25) is 0 Å². The topological polar surface area (TPSA) is 89.0 Å². The molecule has 154 valence electrons. The molecule has 0 saturated heterocycles. The van der Waals surface area contributed by atoms with Crippen LogP contribution in [-0.2, 0) is 4.79 Å². The lowest BCUT2D eigenvalue weighted by Crippen LogP contribution is -2.32. The van der Waals surface area contributed by atoms with E-state index in [1.807, 2.05) is 36.4 Å². The number of nitrogens with one attached hydrogen (secondary N) is 2. The lowest BCUT2D eigenvalue weighted by molar-refractivity contribution is -0.117. The first-order valence-corrected chi connectivity index (χ1v) is 9.55. The summed E-state index contributed by atoms with van der Waals surface area (Å²) in [6, 6.07) is 23.2. The van der Waals surface area contributed by atoms with Gasteiger partial charge in [0.05, 0.1) is 6.21 Å². The zero-order valence-electron chi connectivity index (χ0n) is 16.4. The number of rotatable bonds is 6. The van der Waals surface area contributed by atoms with Crippen LogP contribution in [0.15, 0.2) is 89.7 Å². The van der Waals surface area contributed by atoms with Crippen LogP contribution in [0.25, 0.3) is 6.08 Å². The highest BCUT2D eigenvalue weighted by molar-refractivity contribution is 6.05. The zero-order chi connectivity index (χ0) is 21.5. The second-order valence-corrected chi connectivity index (χ2v) is 6.60. The standard InChI is InChI=1S/C24H19N3O4/c28-23(19-9-5-2-6-10-19)26-20(13-18-11-12-21-22(14-18)31-16-30-21)24(29)27-25-15-17-7-3-1-4-8-17/h1-15H,16H2,(H,26,28)(H,27,29)/b20-13-,25-15-. The van der Waals surface area contributed by atoms with Crippen molar-refractivity contribution in [1.29, 1.82) is 0 Å². The third-order valence-electron chi connectivity index (χ3n) is 4.42. The number of hydrazone groups is 1. The molecule has 0 aliphatic carbocycles. The van der Waals surface area contributed by atoms with Crippen LogP contribution < -0.4 is 20.2 Å². The lowest BCUT2D eigenvalue weighted by Gasteiger charge is -2.09. The van der Waals surface area contributed by atoms with Gasteiger partial charge in [-0.05, 0) is 41.5 Å². The van der Waals surface area contributed by atoms with Crippen molar-refractivity contribution in [3.63, 3.8) is 0 Å². The molecule has 0 saturated carbocycles. The molecule has 0 atom stereocenters. The predicted octanol–water partition coefficient (Wildman–Crippen LogP) is 3.34. The summed E-state index contributed by atoms with van der Waals surface area (Å²) in [4.78, 5) is 25.4. The molecule has 1 aliphatic rings. The van der Waals surface area contributed by atoms with Crippen LogP contribution in [0.4, 0.5) is 0 Å². The predicted molar refractivity (Wildman–Crippen MR) is 117 cm³/mol. The van der Waals surface area contributed by atoms with Crippen LogP contribution in [0.3, 0.4) is 0 Å². The van der Waals surface area contributed by atoms with Crippen molar-refractivity contribution in [1.82, 2.24) is 10.7 Å². The van der Waals surface area contributed by atoms with Gasteiger partial charge in [0.1, 0.15) is 5.70 Å². The van der Waals surface area contributed by atoms with Crippen molar-refractivity contribution in [2.75, 3.05) is 6.79 Å². The number of hydrogen-bond donors (Lipinski definition) is 2. The van der Waals surface area contributed by atoms with Gasteiger partial charge < -0.3 is 14.8 Å². The Morgan fingerprint density at radius 1 is 0.839 bits per heavy atom. The number of carbonyl (C=O) groups excluding carboxylic acids is 2. The van der Waals surface area contributed by atoms with E-state index in [1.165, 1.54) is 6.21 Å². The van der Waals surface area contributed by atoms with Crippen molar-refractivity contribution in [2.45, 2.75) is 0 Å². The van der Waals surface area contributed by atoms with Crippen LogP contribution >= 0.6 is 0 Å². The Bertz CT molecular complexity index is 1140. The van der Waals surface area contributed by atoms with Gasteiger partial charge in [0.2, 0.25) is 6.79 Å². The van der Waals surface area contributed by atoms with Crippen molar-refractivity contribution in [3.8, 4) is 11.5 Å². The van der Waals surface area contributed by atoms with E-state index in [9.17, 15) is 9.59 Å². The summed E-state index contributed by atoms with van der Waals surface area (Å²) in [6.45, 7) is 0.148. The second-order valence-electron chi connectivity index (χ2n) is 6.60. The minimum atomic E-state index is -0.561. The van der Waals surface area contributed by atoms with Gasteiger partial charge in [0, 0.05) is 5.56 Å². The molecule has 7 nitrogen and oxygen atoms in total. The minimum Gasteiger partial charge on any atom is -0.454 e. The Morgan fingerprint density at radius 2 is 1.55 bits per heavy atom. The summed E-state index contributed by atoms with van der Waals surface area (Å²) >= 11 is 0. The number of hydrogen-bond acceptors (Lipinski definition) is 5. The van der Waals surface area contributed by atoms with Gasteiger partial charge in [-0.1, -0.05) is 54.6 Å². The second kappa shape index (κ2) is 9.41. The average Bonchev–Trinajstić information content (AvgIpc) is 3.28. The molecule has 3 aromatic carbocycles. The first-order valence-electron chi connectivity index (χ1n) is 9.55. The normalized spacial score (nSPS) is 12.6. The van der Waals surface area contributed by atoms with E-state index in [1.54, 1.807) is 48.5 Å². The fourth-order valence-corrected chi connectivity index (χ4v) is 2.88. The molecule has 0 spiro atoms. The third kappa shape index (κ3) is 5.16. The average molecular weight is 413 g/mol. The number of ether oxygens (including phenoxy) is 2. The number of carbonyl (C=O) groups is 2. The summed E-state index contributed by atoms with van der Waals surface area (Å²) in [6.07, 6.45) is 3.07. The maximum Gasteiger partial charge on any atom is 0.287 e. The van der Waals surface area contributed by atoms with Gasteiger partial charge in [-0.3, -0.25) is 9.59 Å². The Hall–Kier alpha value is -4.39. The molecule has 0 radical (unpaired) electrons. The Labute approximate surface area is 179 Å². The molecule has 7 heteroatoms. The number of benzene rings is 3. The van der Waals surface area contributed by atoms with Crippen LogP contribution in [0.5, 0.6) is 11.5 Å². The van der Waals surface area contributed by atoms with E-state index in [0.29, 0.717) is 22.6 Å². The number of nitrogens with zero attached hydrogens (tertiary/aromatic N) is 1. The Morgan fingerprint density at radius 3 is 2.32 bits per heavy atom. The van der Waals surface area contributed by atoms with Gasteiger partial charge in [-0.25, -0.2) is 5.43 Å². The van der Waals surface area contributed by atoms with E-state index in [-0.39, 0.29) is 12.5 Å². The van der Waals surface area contributed by atoms with Gasteiger partial charge in [-0.2, -0.15) is 5.10 Å². The highest BCUT2D eigenvalue weighted by atomic mass is 16.7. The first kappa shape index (κ1) is 19.9. The van der Waals surface area contributed by atoms with Crippen molar-refractivity contribution in [3.05, 3.63) is 101 Å². The van der Waals surface area contributed by atoms with Gasteiger partial charge in [0.15, 0.2) is 11.5 Å². The van der Waals surface area contributed by atoms with Crippen molar-refractivity contribution in [2.24, 2.45) is 5.10 Å². The molecular formula is C24H19N3O4. The third-order valence-corrected chi connectivity index (χ3v) is 4.42. The molecule has 31 heavy (non-hydrogen) atoms. The summed E-state index contributed by atoms with van der Waals surface area (Å²) in [7, 11) is 0. The molecule has 1 aliphatic heterocycles. The molecule has 2 amide bonds. The van der Waals surface area contributed by atoms with E-state index in [4.69, 9.17) is 9.47 Å². The van der Waals surface area contributed by atoms with E-state index in [0.717, 1.165) is 5.56 Å². The molecule has 4 rings (SSSR count). The van der Waals surface area contributed by atoms with Crippen molar-refractivity contribution >= 4 is 24.1 Å². The van der Waals surface area contributed by atoms with Crippen molar-refractivity contribution < 1.29 is 19.1 Å². The van der Waals surface area contributed by atoms with E-state index >= 15 is 0 Å². The van der Waals surface area contributed by atoms with E-state index < -0.39 is 11.8 Å². The summed E-state index contributed by atoms with van der Waals surface area (Å²) in [5.74, 6) is 0.234. The highest BCUT2D eigenvalue weighted by Crippen LogP contribution is 2.33. The molecule has 3 aromatic rings. The molecule has 1 heterocycles. The van der Waals surface area contributed by atoms with Crippen LogP contribution in [0.1, 0.15) is 21.5 Å². The largest absolute Gasteiger partial charge is 0.454 e. The molecule has 0 aromatic heterocycles. The fourth-order valence-electron chi connectivity index (χ4n) is 2.88. The van der Waals surface area contributed by atoms with Crippen LogP contribution in [-0.4, -0.2) is 24.8 Å². The molecule has 2 N–H and O–H groups in total. The summed E-state index contributed by atoms with van der Waals surface area (Å²) in [5.41, 5.74) is 4.42. The lowest BCUT2D eigenvalue weighted by atomic mass is 10.1. The smallest absolute Gasteiger partial charge is 0.287 e. The molecule has 0 unspecified atom stereocenters. The Balaban J connectivity index is 1.56. The summed E-state index contributed by atoms with van der Waals surface area (Å²) < 4.78 is 10.7. The molecule has 0 fully saturated rings.